The Balaban J connectivity index is 2.16. The van der Waals surface area contributed by atoms with E-state index in [2.05, 4.69) is 31.3 Å². The summed E-state index contributed by atoms with van der Waals surface area (Å²) in [5, 5.41) is 13.2. The average molecular weight is 303 g/mol. The summed E-state index contributed by atoms with van der Waals surface area (Å²) in [6.07, 6.45) is 4.02. The Morgan fingerprint density at radius 1 is 1.36 bits per heavy atom. The molecule has 1 aliphatic heterocycles. The second kappa shape index (κ2) is 7.28. The van der Waals surface area contributed by atoms with Gasteiger partial charge in [-0.3, -0.25) is 4.79 Å². The Labute approximate surface area is 134 Å². The van der Waals surface area contributed by atoms with Crippen molar-refractivity contribution in [3.8, 4) is 0 Å². The predicted octanol–water partition coefficient (Wildman–Crippen LogP) is 3.62. The first-order valence-electron chi connectivity index (χ1n) is 8.45. The molecule has 1 aliphatic rings. The minimum atomic E-state index is -0.792. The van der Waals surface area contributed by atoms with E-state index >= 15 is 0 Å². The van der Waals surface area contributed by atoms with Gasteiger partial charge >= 0.3 is 5.97 Å². The lowest BCUT2D eigenvalue weighted by Gasteiger charge is -2.32. The number of hydrogen-bond acceptors (Lipinski definition) is 2. The maximum atomic E-state index is 11.9. The van der Waals surface area contributed by atoms with E-state index in [9.17, 15) is 9.90 Å². The first-order valence-corrected chi connectivity index (χ1v) is 8.45. The van der Waals surface area contributed by atoms with Crippen LogP contribution in [0.25, 0.3) is 0 Å². The molecule has 0 saturated carbocycles. The molecule has 22 heavy (non-hydrogen) atoms. The van der Waals surface area contributed by atoms with Crippen LogP contribution in [0, 0.1) is 11.8 Å². The summed E-state index contributed by atoms with van der Waals surface area (Å²) in [7, 11) is 0. The van der Waals surface area contributed by atoms with Crippen molar-refractivity contribution in [1.82, 2.24) is 5.32 Å². The predicted molar refractivity (Wildman–Crippen MR) is 90.2 cm³/mol. The first kappa shape index (κ1) is 17.0. The van der Waals surface area contributed by atoms with Gasteiger partial charge in [-0.25, -0.2) is 0 Å². The van der Waals surface area contributed by atoms with Gasteiger partial charge in [0.15, 0.2) is 0 Å². The highest BCUT2D eigenvalue weighted by atomic mass is 16.4. The van der Waals surface area contributed by atoms with E-state index in [1.165, 1.54) is 5.56 Å². The van der Waals surface area contributed by atoms with Crippen molar-refractivity contribution in [2.24, 2.45) is 11.8 Å². The van der Waals surface area contributed by atoms with Crippen LogP contribution >= 0.6 is 0 Å². The van der Waals surface area contributed by atoms with Gasteiger partial charge in [0.1, 0.15) is 0 Å². The third-order valence-corrected chi connectivity index (χ3v) is 4.80. The highest BCUT2D eigenvalue weighted by molar-refractivity contribution is 5.80. The van der Waals surface area contributed by atoms with Gasteiger partial charge in [0.05, 0.1) is 5.41 Å². The number of benzene rings is 1. The van der Waals surface area contributed by atoms with Gasteiger partial charge in [-0.1, -0.05) is 38.1 Å². The van der Waals surface area contributed by atoms with E-state index < -0.39 is 11.4 Å². The molecule has 0 spiro atoms. The monoisotopic (exact) mass is 303 g/mol. The van der Waals surface area contributed by atoms with E-state index in [0.717, 1.165) is 37.9 Å². The number of carbonyl (C=O) groups is 1. The second-order valence-electron chi connectivity index (χ2n) is 7.35. The zero-order chi connectivity index (χ0) is 16.2. The van der Waals surface area contributed by atoms with Crippen molar-refractivity contribution in [3.05, 3.63) is 35.4 Å². The molecule has 1 saturated heterocycles. The summed E-state index contributed by atoms with van der Waals surface area (Å²) >= 11 is 0. The fourth-order valence-electron chi connectivity index (χ4n) is 3.48. The smallest absolute Gasteiger partial charge is 0.313 e. The first-order chi connectivity index (χ1) is 10.4. The number of piperidine rings is 1. The molecule has 3 heteroatoms. The summed E-state index contributed by atoms with van der Waals surface area (Å²) in [6, 6.07) is 8.22. The summed E-state index contributed by atoms with van der Waals surface area (Å²) in [6.45, 7) is 8.27. The normalized spacial score (nSPS) is 21.5. The summed E-state index contributed by atoms with van der Waals surface area (Å²) < 4.78 is 0. The highest BCUT2D eigenvalue weighted by Gasteiger charge is 2.37. The molecule has 1 fully saturated rings. The van der Waals surface area contributed by atoms with E-state index in [1.807, 2.05) is 19.1 Å². The lowest BCUT2D eigenvalue weighted by molar-refractivity contribution is -0.144. The standard InChI is InChI=1S/C19H29NO2/c1-14(2)11-15-6-8-17(9-7-15)19(3,18(21)22)12-16-5-4-10-20-13-16/h6-9,14,16,20H,4-5,10-13H2,1-3H3,(H,21,22). The van der Waals surface area contributed by atoms with Crippen LogP contribution in [0.3, 0.4) is 0 Å². The Morgan fingerprint density at radius 3 is 2.55 bits per heavy atom. The summed E-state index contributed by atoms with van der Waals surface area (Å²) in [5.74, 6) is 0.352. The average Bonchev–Trinajstić information content (AvgIpc) is 2.48. The number of rotatable bonds is 6. The van der Waals surface area contributed by atoms with Gasteiger partial charge in [-0.05, 0) is 68.7 Å². The number of carboxylic acids is 1. The molecule has 2 rings (SSSR count). The minimum Gasteiger partial charge on any atom is -0.481 e. The van der Waals surface area contributed by atoms with Crippen molar-refractivity contribution in [3.63, 3.8) is 0 Å². The SMILES string of the molecule is CC(C)Cc1ccc(C(C)(CC2CCCNC2)C(=O)O)cc1. The maximum absolute atomic E-state index is 11.9. The molecule has 1 heterocycles. The molecule has 0 bridgehead atoms. The molecule has 2 N–H and O–H groups in total. The van der Waals surface area contributed by atoms with E-state index in [-0.39, 0.29) is 0 Å². The van der Waals surface area contributed by atoms with Crippen molar-refractivity contribution < 1.29 is 9.90 Å². The zero-order valence-corrected chi connectivity index (χ0v) is 14.1. The van der Waals surface area contributed by atoms with Gasteiger partial charge in [0.25, 0.3) is 0 Å². The van der Waals surface area contributed by atoms with Crippen LogP contribution in [-0.2, 0) is 16.6 Å². The Hall–Kier alpha value is -1.35. The molecule has 3 nitrogen and oxygen atoms in total. The molecule has 0 aromatic heterocycles. The van der Waals surface area contributed by atoms with Crippen LogP contribution in [0.5, 0.6) is 0 Å². The molecular weight excluding hydrogens is 274 g/mol. The zero-order valence-electron chi connectivity index (χ0n) is 14.1. The number of carboxylic acid groups (broad SMARTS) is 1. The van der Waals surface area contributed by atoms with Crippen molar-refractivity contribution in [2.45, 2.75) is 51.9 Å². The van der Waals surface area contributed by atoms with Crippen LogP contribution in [0.4, 0.5) is 0 Å². The van der Waals surface area contributed by atoms with Crippen LogP contribution in [-0.4, -0.2) is 24.2 Å². The summed E-state index contributed by atoms with van der Waals surface area (Å²) in [4.78, 5) is 11.9. The Kier molecular flexibility index (Phi) is 5.63. The molecular formula is C19H29NO2. The third-order valence-electron chi connectivity index (χ3n) is 4.80. The minimum absolute atomic E-state index is 0.449. The number of hydrogen-bond donors (Lipinski definition) is 2. The molecule has 1 aromatic carbocycles. The fourth-order valence-corrected chi connectivity index (χ4v) is 3.48. The van der Waals surface area contributed by atoms with Crippen LogP contribution in [0.15, 0.2) is 24.3 Å². The van der Waals surface area contributed by atoms with Gasteiger partial charge in [-0.15, -0.1) is 0 Å². The van der Waals surface area contributed by atoms with Gasteiger partial charge in [-0.2, -0.15) is 0 Å². The second-order valence-corrected chi connectivity index (χ2v) is 7.35. The van der Waals surface area contributed by atoms with E-state index in [1.54, 1.807) is 0 Å². The molecule has 0 aliphatic carbocycles. The fraction of sp³-hybridized carbons (Fsp3) is 0.632. The van der Waals surface area contributed by atoms with E-state index in [4.69, 9.17) is 0 Å². The van der Waals surface area contributed by atoms with Crippen LogP contribution in [0.2, 0.25) is 0 Å². The molecule has 0 amide bonds. The summed E-state index contributed by atoms with van der Waals surface area (Å²) in [5.41, 5.74) is 1.42. The van der Waals surface area contributed by atoms with Crippen molar-refractivity contribution in [1.29, 1.82) is 0 Å². The van der Waals surface area contributed by atoms with E-state index in [0.29, 0.717) is 18.3 Å². The molecule has 2 atom stereocenters. The molecule has 1 aromatic rings. The number of aliphatic carboxylic acids is 1. The van der Waals surface area contributed by atoms with Crippen LogP contribution in [0.1, 0.15) is 51.2 Å². The maximum Gasteiger partial charge on any atom is 0.313 e. The quantitative estimate of drug-likeness (QED) is 0.844. The van der Waals surface area contributed by atoms with Gasteiger partial charge < -0.3 is 10.4 Å². The highest BCUT2D eigenvalue weighted by Crippen LogP contribution is 2.34. The molecule has 0 radical (unpaired) electrons. The molecule has 122 valence electrons. The number of nitrogens with one attached hydrogen (secondary N) is 1. The third kappa shape index (κ3) is 4.10. The largest absolute Gasteiger partial charge is 0.481 e. The Bertz CT molecular complexity index is 489. The molecule has 2 unspecified atom stereocenters. The van der Waals surface area contributed by atoms with Gasteiger partial charge in [0, 0.05) is 0 Å². The topological polar surface area (TPSA) is 49.3 Å². The lowest BCUT2D eigenvalue weighted by atomic mass is 9.73. The Morgan fingerprint density at radius 2 is 2.05 bits per heavy atom. The van der Waals surface area contributed by atoms with Crippen molar-refractivity contribution in [2.75, 3.05) is 13.1 Å². The van der Waals surface area contributed by atoms with Crippen molar-refractivity contribution >= 4 is 5.97 Å². The van der Waals surface area contributed by atoms with Crippen LogP contribution < -0.4 is 5.32 Å². The lowest BCUT2D eigenvalue weighted by Crippen LogP contribution is -2.39. The van der Waals surface area contributed by atoms with Gasteiger partial charge in [0.2, 0.25) is 0 Å².